The van der Waals surface area contributed by atoms with Crippen LogP contribution in [0.1, 0.15) is 54.1 Å². The lowest BCUT2D eigenvalue weighted by Crippen LogP contribution is -2.36. The zero-order valence-electron chi connectivity index (χ0n) is 18.9. The Morgan fingerprint density at radius 1 is 1.38 bits per heavy atom. The first-order valence-corrected chi connectivity index (χ1v) is 11.5. The Hall–Kier alpha value is -3.18. The number of benzene rings is 2. The van der Waals surface area contributed by atoms with Crippen molar-refractivity contribution in [3.63, 3.8) is 0 Å². The number of thioether (sulfide) groups is 1. The van der Waals surface area contributed by atoms with Crippen LogP contribution in [0.4, 0.5) is 4.79 Å². The SMILES string of the molecule is CC(C)Oc1ccc(CSC(=NN)c2cccc3c2CCC3NC(=O)N(C)C)cc1C#N. The predicted octanol–water partition coefficient (Wildman–Crippen LogP) is 4.16. The summed E-state index contributed by atoms with van der Waals surface area (Å²) in [6.07, 6.45) is 1.70. The predicted molar refractivity (Wildman–Crippen MR) is 129 cm³/mol. The Balaban J connectivity index is 1.76. The minimum Gasteiger partial charge on any atom is -0.490 e. The maximum absolute atomic E-state index is 12.1. The van der Waals surface area contributed by atoms with E-state index in [0.717, 1.165) is 34.6 Å². The third kappa shape index (κ3) is 5.35. The monoisotopic (exact) mass is 451 g/mol. The third-order valence-electron chi connectivity index (χ3n) is 5.22. The van der Waals surface area contributed by atoms with Gasteiger partial charge in [0.2, 0.25) is 0 Å². The van der Waals surface area contributed by atoms with Crippen molar-refractivity contribution in [2.75, 3.05) is 14.1 Å². The quantitative estimate of drug-likeness (QED) is 0.297. The van der Waals surface area contributed by atoms with Crippen LogP contribution in [0.25, 0.3) is 0 Å². The van der Waals surface area contributed by atoms with Gasteiger partial charge in [0.1, 0.15) is 16.9 Å². The number of hydrogen-bond donors (Lipinski definition) is 2. The van der Waals surface area contributed by atoms with Crippen molar-refractivity contribution in [2.45, 2.75) is 44.6 Å². The molecule has 2 amide bonds. The molecule has 2 aromatic carbocycles. The van der Waals surface area contributed by atoms with Gasteiger partial charge >= 0.3 is 6.03 Å². The number of nitriles is 1. The highest BCUT2D eigenvalue weighted by molar-refractivity contribution is 8.13. The van der Waals surface area contributed by atoms with Gasteiger partial charge in [-0.3, -0.25) is 0 Å². The van der Waals surface area contributed by atoms with Crippen LogP contribution in [0.5, 0.6) is 5.75 Å². The molecule has 2 aromatic rings. The summed E-state index contributed by atoms with van der Waals surface area (Å²) in [5.41, 5.74) is 4.79. The summed E-state index contributed by atoms with van der Waals surface area (Å²) in [5, 5.41) is 17.3. The van der Waals surface area contributed by atoms with Crippen LogP contribution in [-0.4, -0.2) is 36.2 Å². The molecular weight excluding hydrogens is 422 g/mol. The standard InChI is InChI=1S/C24H29N5O2S/c1-15(2)31-22-11-8-16(12-17(22)13-25)14-32-23(28-26)20-7-5-6-19-18(20)9-10-21(19)27-24(30)29(3)4/h5-8,11-12,15,21H,9-10,14,26H2,1-4H3,(H,27,30). The summed E-state index contributed by atoms with van der Waals surface area (Å²) in [6, 6.07) is 13.8. The number of amides is 2. The van der Waals surface area contributed by atoms with Gasteiger partial charge in [0, 0.05) is 25.4 Å². The van der Waals surface area contributed by atoms with Crippen LogP contribution in [0.15, 0.2) is 41.5 Å². The minimum absolute atomic E-state index is 0.00446. The van der Waals surface area contributed by atoms with Crippen LogP contribution < -0.4 is 15.9 Å². The minimum atomic E-state index is -0.103. The molecule has 0 heterocycles. The summed E-state index contributed by atoms with van der Waals surface area (Å²) in [6.45, 7) is 3.87. The van der Waals surface area contributed by atoms with Gasteiger partial charge in [0.25, 0.3) is 0 Å². The van der Waals surface area contributed by atoms with Crippen molar-refractivity contribution in [1.29, 1.82) is 5.26 Å². The number of hydrogen-bond acceptors (Lipinski definition) is 6. The molecule has 3 N–H and O–H groups in total. The first-order chi connectivity index (χ1) is 15.3. The molecule has 32 heavy (non-hydrogen) atoms. The van der Waals surface area contributed by atoms with E-state index in [1.807, 2.05) is 44.2 Å². The van der Waals surface area contributed by atoms with Gasteiger partial charge in [0.15, 0.2) is 0 Å². The van der Waals surface area contributed by atoms with Crippen molar-refractivity contribution in [2.24, 2.45) is 10.9 Å². The summed E-state index contributed by atoms with van der Waals surface area (Å²) in [4.78, 5) is 13.7. The zero-order valence-corrected chi connectivity index (χ0v) is 19.7. The molecule has 0 radical (unpaired) electrons. The Morgan fingerprint density at radius 3 is 2.81 bits per heavy atom. The van der Waals surface area contributed by atoms with Gasteiger partial charge in [-0.1, -0.05) is 36.0 Å². The molecule has 0 spiro atoms. The molecule has 0 saturated carbocycles. The lowest BCUT2D eigenvalue weighted by atomic mass is 10.0. The van der Waals surface area contributed by atoms with E-state index in [1.165, 1.54) is 22.2 Å². The number of urea groups is 1. The van der Waals surface area contributed by atoms with Gasteiger partial charge in [-0.2, -0.15) is 10.4 Å². The van der Waals surface area contributed by atoms with Gasteiger partial charge in [-0.25, -0.2) is 4.79 Å². The molecule has 168 valence electrons. The van der Waals surface area contributed by atoms with Gasteiger partial charge in [-0.05, 0) is 55.5 Å². The fourth-order valence-corrected chi connectivity index (χ4v) is 4.63. The van der Waals surface area contributed by atoms with E-state index in [4.69, 9.17) is 10.6 Å². The van der Waals surface area contributed by atoms with Crippen molar-refractivity contribution in [3.8, 4) is 11.8 Å². The Bertz CT molecular complexity index is 1060. The highest BCUT2D eigenvalue weighted by atomic mass is 32.2. The first-order valence-electron chi connectivity index (χ1n) is 10.5. The van der Waals surface area contributed by atoms with Gasteiger partial charge in [0.05, 0.1) is 17.7 Å². The van der Waals surface area contributed by atoms with Crippen molar-refractivity contribution in [3.05, 3.63) is 64.2 Å². The molecule has 1 aliphatic carbocycles. The Labute approximate surface area is 193 Å². The average molecular weight is 452 g/mol. The van der Waals surface area contributed by atoms with Gasteiger partial charge < -0.3 is 20.8 Å². The molecule has 3 rings (SSSR count). The number of fused-ring (bicyclic) bond motifs is 1. The summed E-state index contributed by atoms with van der Waals surface area (Å²) in [7, 11) is 3.47. The Morgan fingerprint density at radius 2 is 2.16 bits per heavy atom. The number of rotatable bonds is 6. The fourth-order valence-electron chi connectivity index (χ4n) is 3.73. The summed E-state index contributed by atoms with van der Waals surface area (Å²) in [5.74, 6) is 6.99. The highest BCUT2D eigenvalue weighted by Crippen LogP contribution is 2.35. The molecule has 0 aromatic heterocycles. The van der Waals surface area contributed by atoms with E-state index in [0.29, 0.717) is 17.1 Å². The molecule has 7 nitrogen and oxygen atoms in total. The highest BCUT2D eigenvalue weighted by Gasteiger charge is 2.27. The second kappa shape index (κ2) is 10.4. The topological polar surface area (TPSA) is 104 Å². The molecule has 1 aliphatic rings. The summed E-state index contributed by atoms with van der Waals surface area (Å²) < 4.78 is 5.70. The second-order valence-electron chi connectivity index (χ2n) is 8.14. The lowest BCUT2D eigenvalue weighted by Gasteiger charge is -2.18. The van der Waals surface area contributed by atoms with Crippen molar-refractivity contribution < 1.29 is 9.53 Å². The third-order valence-corrected chi connectivity index (χ3v) is 6.30. The van der Waals surface area contributed by atoms with Crippen molar-refractivity contribution >= 4 is 22.8 Å². The molecule has 0 aliphatic heterocycles. The number of nitrogens with zero attached hydrogens (tertiary/aromatic N) is 3. The Kier molecular flexibility index (Phi) is 7.65. The van der Waals surface area contributed by atoms with Crippen LogP contribution in [-0.2, 0) is 12.2 Å². The van der Waals surface area contributed by atoms with E-state index in [1.54, 1.807) is 14.1 Å². The van der Waals surface area contributed by atoms with Crippen molar-refractivity contribution in [1.82, 2.24) is 10.2 Å². The average Bonchev–Trinajstić information content (AvgIpc) is 3.18. The first kappa shape index (κ1) is 23.5. The van der Waals surface area contributed by atoms with Crippen LogP contribution >= 0.6 is 11.8 Å². The molecule has 1 atom stereocenters. The maximum Gasteiger partial charge on any atom is 0.317 e. The normalized spacial score (nSPS) is 15.2. The molecule has 0 bridgehead atoms. The second-order valence-corrected chi connectivity index (χ2v) is 9.10. The molecule has 0 fully saturated rings. The van der Waals surface area contributed by atoms with E-state index in [9.17, 15) is 10.1 Å². The number of nitrogens with one attached hydrogen (secondary N) is 1. The molecule has 1 unspecified atom stereocenters. The lowest BCUT2D eigenvalue weighted by molar-refractivity contribution is 0.213. The number of carbonyl (C=O) groups is 1. The van der Waals surface area contributed by atoms with Crippen LogP contribution in [0.2, 0.25) is 0 Å². The number of nitrogens with two attached hydrogens (primary N) is 1. The van der Waals surface area contributed by atoms with Crippen LogP contribution in [0, 0.1) is 11.3 Å². The molecule has 0 saturated heterocycles. The van der Waals surface area contributed by atoms with E-state index < -0.39 is 0 Å². The van der Waals surface area contributed by atoms with E-state index >= 15 is 0 Å². The number of ether oxygens (including phenoxy) is 1. The zero-order chi connectivity index (χ0) is 23.3. The van der Waals surface area contributed by atoms with E-state index in [-0.39, 0.29) is 18.2 Å². The largest absolute Gasteiger partial charge is 0.490 e. The van der Waals surface area contributed by atoms with Crippen LogP contribution in [0.3, 0.4) is 0 Å². The van der Waals surface area contributed by atoms with E-state index in [2.05, 4.69) is 22.6 Å². The fraction of sp³-hybridized carbons (Fsp3) is 0.375. The number of carbonyl (C=O) groups excluding carboxylic acids is 1. The molecule has 8 heteroatoms. The summed E-state index contributed by atoms with van der Waals surface area (Å²) >= 11 is 1.53. The maximum atomic E-state index is 12.1. The van der Waals surface area contributed by atoms with Gasteiger partial charge in [-0.15, -0.1) is 0 Å². The smallest absolute Gasteiger partial charge is 0.317 e. The molecular formula is C24H29N5O2S. The number of hydrazone groups is 1.